The maximum absolute atomic E-state index is 13.0. The molecule has 0 radical (unpaired) electrons. The van der Waals surface area contributed by atoms with Crippen LogP contribution >= 0.6 is 11.3 Å². The Balaban J connectivity index is 1.47. The Labute approximate surface area is 229 Å². The Kier molecular flexibility index (Phi) is 6.83. The molecule has 0 saturated carbocycles. The molecular formula is C30H28N4O4S. The van der Waals surface area contributed by atoms with Crippen LogP contribution in [-0.4, -0.2) is 14.9 Å². The number of nitrogens with zero attached hydrogens (tertiary/aromatic N) is 3. The van der Waals surface area contributed by atoms with Crippen LogP contribution in [0.25, 0.3) is 21.9 Å². The maximum atomic E-state index is 13.0. The highest BCUT2D eigenvalue weighted by molar-refractivity contribution is 7.18. The second-order valence-corrected chi connectivity index (χ2v) is 12.1. The molecule has 1 atom stereocenters. The van der Waals surface area contributed by atoms with E-state index >= 15 is 0 Å². The molecule has 198 valence electrons. The molecule has 2 heterocycles. The molecule has 0 unspecified atom stereocenters. The second kappa shape index (κ2) is 10.1. The van der Waals surface area contributed by atoms with Gasteiger partial charge in [0.15, 0.2) is 5.82 Å². The molecular weight excluding hydrogens is 512 g/mol. The average molecular weight is 541 g/mol. The zero-order chi connectivity index (χ0) is 27.9. The highest BCUT2D eigenvalue weighted by atomic mass is 32.1. The van der Waals surface area contributed by atoms with Gasteiger partial charge in [0.2, 0.25) is 5.75 Å². The molecule has 0 amide bonds. The van der Waals surface area contributed by atoms with Gasteiger partial charge in [-0.3, -0.25) is 14.9 Å². The molecule has 8 nitrogen and oxygen atoms in total. The molecule has 0 fully saturated rings. The molecule has 2 aromatic carbocycles. The fourth-order valence-corrected chi connectivity index (χ4v) is 6.18. The standard InChI is InChI=1S/C30H28N4O4S/c1-17-5-11-22-25(13-17)39-29-26(22)28(35)32-27(33-29)19(16-31)14-18-6-12-24(23(15-18)34(36)37)38-21-9-7-20(8-10-21)30(2,3)4/h6-10,12,14-15,17H,5,11,13H2,1-4H3,(H,32,33,35)/b19-14+/t17-/m1/s1. The van der Waals surface area contributed by atoms with E-state index in [2.05, 4.69) is 43.7 Å². The topological polar surface area (TPSA) is 122 Å². The van der Waals surface area contributed by atoms with E-state index in [0.717, 1.165) is 30.4 Å². The minimum absolute atomic E-state index is 0.0257. The van der Waals surface area contributed by atoms with E-state index in [1.807, 2.05) is 12.1 Å². The van der Waals surface area contributed by atoms with Gasteiger partial charge in [-0.05, 0) is 71.6 Å². The summed E-state index contributed by atoms with van der Waals surface area (Å²) in [5.41, 5.74) is 2.17. The Morgan fingerprint density at radius 2 is 2.00 bits per heavy atom. The monoisotopic (exact) mass is 540 g/mol. The molecule has 0 bridgehead atoms. The van der Waals surface area contributed by atoms with Gasteiger partial charge in [-0.1, -0.05) is 45.9 Å². The minimum atomic E-state index is -0.522. The van der Waals surface area contributed by atoms with Crippen molar-refractivity contribution in [2.24, 2.45) is 5.92 Å². The first-order valence-corrected chi connectivity index (χ1v) is 13.6. The number of nitriles is 1. The van der Waals surface area contributed by atoms with E-state index in [0.29, 0.717) is 27.4 Å². The van der Waals surface area contributed by atoms with Crippen molar-refractivity contribution in [3.63, 3.8) is 0 Å². The lowest BCUT2D eigenvalue weighted by molar-refractivity contribution is -0.385. The number of aryl methyl sites for hydroxylation is 1. The number of ether oxygens (including phenoxy) is 1. The smallest absolute Gasteiger partial charge is 0.312 e. The lowest BCUT2D eigenvalue weighted by Gasteiger charge is -2.19. The lowest BCUT2D eigenvalue weighted by atomic mass is 9.87. The van der Waals surface area contributed by atoms with Gasteiger partial charge in [-0.25, -0.2) is 4.98 Å². The molecule has 5 rings (SSSR count). The van der Waals surface area contributed by atoms with Crippen molar-refractivity contribution in [2.45, 2.75) is 52.4 Å². The number of nitro groups is 1. The number of nitro benzene ring substituents is 1. The summed E-state index contributed by atoms with van der Waals surface area (Å²) in [6.45, 7) is 8.51. The minimum Gasteiger partial charge on any atom is -0.450 e. The van der Waals surface area contributed by atoms with Crippen molar-refractivity contribution in [3.05, 3.63) is 90.3 Å². The summed E-state index contributed by atoms with van der Waals surface area (Å²) in [6.07, 6.45) is 4.28. The summed E-state index contributed by atoms with van der Waals surface area (Å²) in [4.78, 5) is 33.5. The summed E-state index contributed by atoms with van der Waals surface area (Å²) >= 11 is 1.50. The van der Waals surface area contributed by atoms with Crippen LogP contribution < -0.4 is 10.3 Å². The van der Waals surface area contributed by atoms with Gasteiger partial charge in [0, 0.05) is 10.9 Å². The predicted octanol–water partition coefficient (Wildman–Crippen LogP) is 7.17. The van der Waals surface area contributed by atoms with Gasteiger partial charge >= 0.3 is 5.69 Å². The van der Waals surface area contributed by atoms with Gasteiger partial charge < -0.3 is 9.72 Å². The largest absolute Gasteiger partial charge is 0.450 e. The number of hydrogen-bond donors (Lipinski definition) is 1. The van der Waals surface area contributed by atoms with Gasteiger partial charge in [0.1, 0.15) is 16.6 Å². The molecule has 1 aliphatic carbocycles. The number of nitrogens with one attached hydrogen (secondary N) is 1. The van der Waals surface area contributed by atoms with E-state index in [1.54, 1.807) is 18.2 Å². The van der Waals surface area contributed by atoms with E-state index in [1.165, 1.54) is 34.4 Å². The third-order valence-electron chi connectivity index (χ3n) is 6.98. The number of allylic oxidation sites excluding steroid dienone is 1. The maximum Gasteiger partial charge on any atom is 0.312 e. The molecule has 2 aromatic heterocycles. The number of aromatic nitrogens is 2. The van der Waals surface area contributed by atoms with E-state index in [-0.39, 0.29) is 33.8 Å². The molecule has 4 aromatic rings. The van der Waals surface area contributed by atoms with E-state index in [4.69, 9.17) is 4.74 Å². The SMILES string of the molecule is C[C@@H]1CCc2c(sc3nc(/C(C#N)=C/c4ccc(Oc5ccc(C(C)(C)C)cc5)c([N+](=O)[O-])c4)[nH]c(=O)c23)C1. The Morgan fingerprint density at radius 1 is 1.26 bits per heavy atom. The van der Waals surface area contributed by atoms with Gasteiger partial charge in [0.25, 0.3) is 5.56 Å². The van der Waals surface area contributed by atoms with Gasteiger partial charge in [0.05, 0.1) is 15.9 Å². The summed E-state index contributed by atoms with van der Waals surface area (Å²) in [6, 6.07) is 14.0. The highest BCUT2D eigenvalue weighted by Crippen LogP contribution is 2.37. The number of H-pyrrole nitrogens is 1. The van der Waals surface area contributed by atoms with Crippen LogP contribution in [0.4, 0.5) is 5.69 Å². The molecule has 39 heavy (non-hydrogen) atoms. The normalized spacial score (nSPS) is 15.6. The number of benzene rings is 2. The first kappa shape index (κ1) is 26.3. The zero-order valence-corrected chi connectivity index (χ0v) is 23.0. The predicted molar refractivity (Wildman–Crippen MR) is 153 cm³/mol. The van der Waals surface area contributed by atoms with Crippen LogP contribution in [-0.2, 0) is 18.3 Å². The van der Waals surface area contributed by atoms with Crippen LogP contribution in [0.3, 0.4) is 0 Å². The number of hydrogen-bond acceptors (Lipinski definition) is 7. The number of fused-ring (bicyclic) bond motifs is 3. The number of rotatable bonds is 5. The summed E-state index contributed by atoms with van der Waals surface area (Å²) < 4.78 is 5.83. The number of thiophene rings is 1. The molecule has 0 aliphatic heterocycles. The van der Waals surface area contributed by atoms with Gasteiger partial charge in [-0.2, -0.15) is 5.26 Å². The molecule has 9 heteroatoms. The molecule has 0 saturated heterocycles. The quantitative estimate of drug-likeness (QED) is 0.163. The second-order valence-electron chi connectivity index (χ2n) is 11.0. The molecule has 1 N–H and O–H groups in total. The average Bonchev–Trinajstić information content (AvgIpc) is 3.25. The van der Waals surface area contributed by atoms with Crippen LogP contribution in [0.5, 0.6) is 11.5 Å². The van der Waals surface area contributed by atoms with Crippen LogP contribution in [0.2, 0.25) is 0 Å². The van der Waals surface area contributed by atoms with Crippen molar-refractivity contribution in [3.8, 4) is 17.6 Å². The van der Waals surface area contributed by atoms with Crippen LogP contribution in [0.15, 0.2) is 47.3 Å². The van der Waals surface area contributed by atoms with E-state index < -0.39 is 4.92 Å². The van der Waals surface area contributed by atoms with Crippen molar-refractivity contribution in [2.75, 3.05) is 0 Å². The Hall–Kier alpha value is -4.29. The summed E-state index contributed by atoms with van der Waals surface area (Å²) in [7, 11) is 0. The number of aromatic amines is 1. The first-order valence-electron chi connectivity index (χ1n) is 12.8. The zero-order valence-electron chi connectivity index (χ0n) is 22.2. The van der Waals surface area contributed by atoms with Crippen LogP contribution in [0, 0.1) is 27.4 Å². The van der Waals surface area contributed by atoms with Crippen molar-refractivity contribution < 1.29 is 9.66 Å². The van der Waals surface area contributed by atoms with Crippen molar-refractivity contribution in [1.82, 2.24) is 9.97 Å². The summed E-state index contributed by atoms with van der Waals surface area (Å²) in [5.74, 6) is 1.27. The van der Waals surface area contributed by atoms with Crippen molar-refractivity contribution in [1.29, 1.82) is 5.26 Å². The van der Waals surface area contributed by atoms with Crippen molar-refractivity contribution >= 4 is 38.9 Å². The van der Waals surface area contributed by atoms with Crippen LogP contribution in [0.1, 0.15) is 61.5 Å². The highest BCUT2D eigenvalue weighted by Gasteiger charge is 2.24. The molecule has 0 spiro atoms. The molecule has 1 aliphatic rings. The fourth-order valence-electron chi connectivity index (χ4n) is 4.80. The van der Waals surface area contributed by atoms with E-state index in [9.17, 15) is 20.2 Å². The first-order chi connectivity index (χ1) is 18.5. The third-order valence-corrected chi connectivity index (χ3v) is 8.13. The Morgan fingerprint density at radius 3 is 2.67 bits per heavy atom. The fraction of sp³-hybridized carbons (Fsp3) is 0.300. The third kappa shape index (κ3) is 5.33. The van der Waals surface area contributed by atoms with Gasteiger partial charge in [-0.15, -0.1) is 11.3 Å². The Bertz CT molecular complexity index is 1720. The lowest BCUT2D eigenvalue weighted by Crippen LogP contribution is -2.14. The summed E-state index contributed by atoms with van der Waals surface area (Å²) in [5, 5.41) is 22.3.